The lowest BCUT2D eigenvalue weighted by Crippen LogP contribution is -2.33. The molecule has 0 N–H and O–H groups in total. The molecule has 0 aliphatic heterocycles. The van der Waals surface area contributed by atoms with Crippen molar-refractivity contribution in [3.63, 3.8) is 0 Å². The zero-order chi connectivity index (χ0) is 11.7. The summed E-state index contributed by atoms with van der Waals surface area (Å²) in [5.74, 6) is -4.98. The van der Waals surface area contributed by atoms with Crippen molar-refractivity contribution < 1.29 is 22.0 Å². The Kier molecular flexibility index (Phi) is 2.74. The zero-order valence-electron chi connectivity index (χ0n) is 7.05. The maximum Gasteiger partial charge on any atom is 0.458 e. The van der Waals surface area contributed by atoms with Crippen LogP contribution in [0.4, 0.5) is 27.6 Å². The molecule has 0 aliphatic carbocycles. The molecule has 7 heteroatoms. The summed E-state index contributed by atoms with van der Waals surface area (Å²) >= 11 is 0. The zero-order valence-corrected chi connectivity index (χ0v) is 7.05. The van der Waals surface area contributed by atoms with E-state index in [1.165, 1.54) is 0 Å². The van der Waals surface area contributed by atoms with Crippen molar-refractivity contribution in [1.82, 2.24) is 0 Å². The predicted molar refractivity (Wildman–Crippen MR) is 41.8 cm³/mol. The Balaban J connectivity index is 3.21. The fourth-order valence-electron chi connectivity index (χ4n) is 0.922. The maximum absolute atomic E-state index is 12.7. The predicted octanol–water partition coefficient (Wildman–Crippen LogP) is 3.74. The highest BCUT2D eigenvalue weighted by atomic mass is 19.4. The second kappa shape index (κ2) is 3.56. The minimum absolute atomic E-state index is 0.403. The molecule has 0 saturated carbocycles. The summed E-state index contributed by atoms with van der Waals surface area (Å²) in [5, 5.41) is 2.28. The topological polar surface area (TPSA) is 29.4 Å². The minimum atomic E-state index is -5.69. The Morgan fingerprint density at radius 1 is 1.07 bits per heavy atom. The van der Waals surface area contributed by atoms with Gasteiger partial charge < -0.3 is 0 Å². The first-order valence-corrected chi connectivity index (χ1v) is 3.67. The number of rotatable bonds is 2. The number of nitrogens with zero attached hydrogens (tertiary/aromatic N) is 1. The van der Waals surface area contributed by atoms with E-state index < -0.39 is 23.3 Å². The molecular formula is C8H4F5NO. The summed E-state index contributed by atoms with van der Waals surface area (Å²) in [6.45, 7) is 0. The van der Waals surface area contributed by atoms with Gasteiger partial charge in [0.15, 0.2) is 0 Å². The van der Waals surface area contributed by atoms with Crippen LogP contribution in [0.25, 0.3) is 0 Å². The molecule has 0 atom stereocenters. The third-order valence-electron chi connectivity index (χ3n) is 1.67. The van der Waals surface area contributed by atoms with Crippen LogP contribution in [-0.2, 0) is 5.92 Å². The number of hydrogen-bond acceptors (Lipinski definition) is 2. The first kappa shape index (κ1) is 11.5. The highest BCUT2D eigenvalue weighted by Gasteiger charge is 2.58. The first-order valence-electron chi connectivity index (χ1n) is 3.67. The Morgan fingerprint density at radius 2 is 1.67 bits per heavy atom. The van der Waals surface area contributed by atoms with Gasteiger partial charge in [0.25, 0.3) is 0 Å². The average Bonchev–Trinajstić information content (AvgIpc) is 2.16. The van der Waals surface area contributed by atoms with Crippen molar-refractivity contribution in [2.45, 2.75) is 12.1 Å². The molecule has 1 aromatic carbocycles. The van der Waals surface area contributed by atoms with E-state index in [1.54, 1.807) is 0 Å². The Labute approximate surface area is 80.7 Å². The van der Waals surface area contributed by atoms with Crippen LogP contribution in [-0.4, -0.2) is 6.18 Å². The molecule has 82 valence electrons. The summed E-state index contributed by atoms with van der Waals surface area (Å²) < 4.78 is 61.1. The van der Waals surface area contributed by atoms with Gasteiger partial charge in [-0.15, -0.1) is 4.91 Å². The van der Waals surface area contributed by atoms with Crippen LogP contribution in [0, 0.1) is 4.91 Å². The molecule has 15 heavy (non-hydrogen) atoms. The SMILES string of the molecule is O=Nc1cccc(C(F)(F)C(F)(F)F)c1. The molecule has 0 aliphatic rings. The molecule has 0 spiro atoms. The molecule has 0 aromatic heterocycles. The van der Waals surface area contributed by atoms with Gasteiger partial charge in [-0.25, -0.2) is 0 Å². The van der Waals surface area contributed by atoms with Crippen molar-refractivity contribution >= 4 is 5.69 Å². The lowest BCUT2D eigenvalue weighted by molar-refractivity contribution is -0.289. The van der Waals surface area contributed by atoms with Crippen molar-refractivity contribution in [3.05, 3.63) is 34.7 Å². The molecule has 0 heterocycles. The number of hydrogen-bond donors (Lipinski definition) is 0. The van der Waals surface area contributed by atoms with E-state index in [1.807, 2.05) is 0 Å². The molecule has 0 radical (unpaired) electrons. The molecule has 0 amide bonds. The minimum Gasteiger partial charge on any atom is -0.191 e. The molecule has 0 saturated heterocycles. The number of nitroso groups, excluding NO2 is 1. The van der Waals surface area contributed by atoms with Crippen LogP contribution in [0.5, 0.6) is 0 Å². The fourth-order valence-corrected chi connectivity index (χ4v) is 0.922. The lowest BCUT2D eigenvalue weighted by atomic mass is 10.1. The van der Waals surface area contributed by atoms with Crippen LogP contribution in [0.1, 0.15) is 5.56 Å². The van der Waals surface area contributed by atoms with Crippen molar-refractivity contribution in [1.29, 1.82) is 0 Å². The number of halogens is 5. The highest BCUT2D eigenvalue weighted by molar-refractivity contribution is 5.41. The van der Waals surface area contributed by atoms with E-state index in [-0.39, 0.29) is 0 Å². The van der Waals surface area contributed by atoms with E-state index in [0.29, 0.717) is 12.1 Å². The van der Waals surface area contributed by atoms with Gasteiger partial charge in [0.2, 0.25) is 0 Å². The molecule has 0 unspecified atom stereocenters. The summed E-state index contributed by atoms with van der Waals surface area (Å²) in [4.78, 5) is 9.96. The Bertz CT molecular complexity index is 374. The van der Waals surface area contributed by atoms with Crippen LogP contribution >= 0.6 is 0 Å². The largest absolute Gasteiger partial charge is 0.458 e. The van der Waals surface area contributed by atoms with Crippen LogP contribution in [0.15, 0.2) is 29.4 Å². The molecule has 0 bridgehead atoms. The monoisotopic (exact) mass is 225 g/mol. The van der Waals surface area contributed by atoms with Crippen molar-refractivity contribution in [2.24, 2.45) is 5.18 Å². The molecule has 2 nitrogen and oxygen atoms in total. The lowest BCUT2D eigenvalue weighted by Gasteiger charge is -2.19. The summed E-state index contributed by atoms with van der Waals surface area (Å²) in [6, 6.07) is 2.93. The van der Waals surface area contributed by atoms with Gasteiger partial charge in [0.05, 0.1) is 0 Å². The highest BCUT2D eigenvalue weighted by Crippen LogP contribution is 2.44. The summed E-state index contributed by atoms with van der Waals surface area (Å²) in [5.41, 5.74) is -1.77. The van der Waals surface area contributed by atoms with Crippen molar-refractivity contribution in [3.8, 4) is 0 Å². The summed E-state index contributed by atoms with van der Waals surface area (Å²) in [6.07, 6.45) is -5.69. The van der Waals surface area contributed by atoms with E-state index in [2.05, 4.69) is 5.18 Å². The van der Waals surface area contributed by atoms with Gasteiger partial charge >= 0.3 is 12.1 Å². The van der Waals surface area contributed by atoms with E-state index in [0.717, 1.165) is 12.1 Å². The quantitative estimate of drug-likeness (QED) is 0.556. The van der Waals surface area contributed by atoms with E-state index >= 15 is 0 Å². The Hall–Kier alpha value is -1.53. The van der Waals surface area contributed by atoms with Crippen LogP contribution < -0.4 is 0 Å². The van der Waals surface area contributed by atoms with Crippen LogP contribution in [0.2, 0.25) is 0 Å². The van der Waals surface area contributed by atoms with Gasteiger partial charge in [-0.1, -0.05) is 12.1 Å². The van der Waals surface area contributed by atoms with E-state index in [4.69, 9.17) is 0 Å². The number of benzene rings is 1. The molecule has 0 fully saturated rings. The number of alkyl halides is 5. The van der Waals surface area contributed by atoms with Gasteiger partial charge in [0, 0.05) is 5.56 Å². The van der Waals surface area contributed by atoms with Gasteiger partial charge in [-0.2, -0.15) is 22.0 Å². The summed E-state index contributed by atoms with van der Waals surface area (Å²) in [7, 11) is 0. The van der Waals surface area contributed by atoms with Gasteiger partial charge in [-0.05, 0) is 17.3 Å². The second-order valence-corrected chi connectivity index (χ2v) is 2.71. The van der Waals surface area contributed by atoms with E-state index in [9.17, 15) is 26.9 Å². The molecule has 1 aromatic rings. The normalized spacial score (nSPS) is 12.6. The van der Waals surface area contributed by atoms with Gasteiger partial charge in [0.1, 0.15) is 5.69 Å². The fraction of sp³-hybridized carbons (Fsp3) is 0.250. The van der Waals surface area contributed by atoms with Crippen LogP contribution in [0.3, 0.4) is 0 Å². The molecule has 1 rings (SSSR count). The van der Waals surface area contributed by atoms with Crippen molar-refractivity contribution in [2.75, 3.05) is 0 Å². The third kappa shape index (κ3) is 2.11. The maximum atomic E-state index is 12.7. The molecular weight excluding hydrogens is 221 g/mol. The third-order valence-corrected chi connectivity index (χ3v) is 1.67. The second-order valence-electron chi connectivity index (χ2n) is 2.71. The van der Waals surface area contributed by atoms with Gasteiger partial charge in [-0.3, -0.25) is 0 Å². The standard InChI is InChI=1S/C8H4F5NO/c9-7(10,8(11,12)13)5-2-1-3-6(4-5)14-15/h1-4H. The Morgan fingerprint density at radius 3 is 2.13 bits per heavy atom. The first-order chi connectivity index (χ1) is 6.79. The average molecular weight is 225 g/mol. The smallest absolute Gasteiger partial charge is 0.191 e.